The van der Waals surface area contributed by atoms with Crippen molar-refractivity contribution in [3.05, 3.63) is 34.9 Å². The average molecular weight is 310 g/mol. The highest BCUT2D eigenvalue weighted by atomic mass is 79.9. The van der Waals surface area contributed by atoms with E-state index in [2.05, 4.69) is 29.8 Å². The molecule has 1 aromatic carbocycles. The van der Waals surface area contributed by atoms with Crippen molar-refractivity contribution in [2.24, 2.45) is 5.92 Å². The van der Waals surface area contributed by atoms with Gasteiger partial charge >= 0.3 is 0 Å². The van der Waals surface area contributed by atoms with Crippen LogP contribution in [0.1, 0.15) is 34.3 Å². The second-order valence-electron chi connectivity index (χ2n) is 5.21. The number of halogens is 1. The molecule has 0 aromatic heterocycles. The number of likely N-dealkylation sites (tertiary alicyclic amines) is 1. The van der Waals surface area contributed by atoms with Gasteiger partial charge < -0.3 is 4.90 Å². The lowest BCUT2D eigenvalue weighted by Crippen LogP contribution is -2.40. The van der Waals surface area contributed by atoms with E-state index in [1.54, 1.807) is 0 Å². The van der Waals surface area contributed by atoms with Crippen LogP contribution in [-0.4, -0.2) is 29.2 Å². The molecule has 1 heterocycles. The molecular weight excluding hydrogens is 290 g/mol. The summed E-state index contributed by atoms with van der Waals surface area (Å²) in [5.41, 5.74) is 3.26. The number of aryl methyl sites for hydroxylation is 2. The topological polar surface area (TPSA) is 20.3 Å². The van der Waals surface area contributed by atoms with Gasteiger partial charge in [0, 0.05) is 24.0 Å². The monoisotopic (exact) mass is 309 g/mol. The predicted molar refractivity (Wildman–Crippen MR) is 78.3 cm³/mol. The molecule has 1 saturated heterocycles. The molecule has 1 aliphatic heterocycles. The number of hydrogen-bond donors (Lipinski definition) is 0. The van der Waals surface area contributed by atoms with Crippen LogP contribution in [0, 0.1) is 19.8 Å². The van der Waals surface area contributed by atoms with Crippen molar-refractivity contribution in [3.63, 3.8) is 0 Å². The van der Waals surface area contributed by atoms with Gasteiger partial charge in [0.15, 0.2) is 0 Å². The van der Waals surface area contributed by atoms with Gasteiger partial charge in [-0.05, 0) is 55.9 Å². The standard InChI is InChI=1S/C15H20BrNO/c1-11-5-6-14(8-12(11)2)15(18)17-7-3-4-13(9-16)10-17/h5-6,8,13H,3-4,7,9-10H2,1-2H3. The molecule has 3 heteroatoms. The fourth-order valence-electron chi connectivity index (χ4n) is 2.43. The van der Waals surface area contributed by atoms with Gasteiger partial charge in [-0.1, -0.05) is 22.0 Å². The van der Waals surface area contributed by atoms with Crippen LogP contribution in [0.25, 0.3) is 0 Å². The number of carbonyl (C=O) groups excluding carboxylic acids is 1. The minimum absolute atomic E-state index is 0.184. The summed E-state index contributed by atoms with van der Waals surface area (Å²) in [7, 11) is 0. The van der Waals surface area contributed by atoms with Crippen molar-refractivity contribution in [3.8, 4) is 0 Å². The first-order valence-electron chi connectivity index (χ1n) is 6.54. The summed E-state index contributed by atoms with van der Waals surface area (Å²) in [6, 6.07) is 5.99. The number of amides is 1. The molecule has 1 aromatic rings. The van der Waals surface area contributed by atoms with Crippen LogP contribution in [0.15, 0.2) is 18.2 Å². The van der Waals surface area contributed by atoms with Gasteiger partial charge in [-0.2, -0.15) is 0 Å². The zero-order chi connectivity index (χ0) is 13.1. The van der Waals surface area contributed by atoms with E-state index in [-0.39, 0.29) is 5.91 Å². The molecule has 2 rings (SSSR count). The fraction of sp³-hybridized carbons (Fsp3) is 0.533. The molecule has 0 bridgehead atoms. The Morgan fingerprint density at radius 2 is 2.17 bits per heavy atom. The number of rotatable bonds is 2. The summed E-state index contributed by atoms with van der Waals surface area (Å²) in [5, 5.41) is 0.990. The van der Waals surface area contributed by atoms with E-state index in [0.717, 1.165) is 30.4 Å². The van der Waals surface area contributed by atoms with E-state index in [0.29, 0.717) is 5.92 Å². The Labute approximate surface area is 117 Å². The molecule has 1 aliphatic rings. The van der Waals surface area contributed by atoms with Crippen LogP contribution in [0.5, 0.6) is 0 Å². The van der Waals surface area contributed by atoms with E-state index in [1.165, 1.54) is 17.5 Å². The third-order valence-electron chi connectivity index (χ3n) is 3.78. The molecule has 18 heavy (non-hydrogen) atoms. The first-order chi connectivity index (χ1) is 8.61. The molecular formula is C15H20BrNO. The zero-order valence-electron chi connectivity index (χ0n) is 11.1. The Morgan fingerprint density at radius 3 is 2.83 bits per heavy atom. The van der Waals surface area contributed by atoms with Crippen molar-refractivity contribution < 1.29 is 4.79 Å². The van der Waals surface area contributed by atoms with Crippen LogP contribution in [-0.2, 0) is 0 Å². The predicted octanol–water partition coefficient (Wildman–Crippen LogP) is 3.55. The highest BCUT2D eigenvalue weighted by Gasteiger charge is 2.23. The molecule has 98 valence electrons. The summed E-state index contributed by atoms with van der Waals surface area (Å²) in [6.45, 7) is 5.92. The van der Waals surface area contributed by atoms with Gasteiger partial charge in [0.05, 0.1) is 0 Å². The van der Waals surface area contributed by atoms with Gasteiger partial charge in [-0.25, -0.2) is 0 Å². The van der Waals surface area contributed by atoms with E-state index in [1.807, 2.05) is 23.1 Å². The van der Waals surface area contributed by atoms with E-state index in [9.17, 15) is 4.79 Å². The van der Waals surface area contributed by atoms with Crippen LogP contribution in [0.3, 0.4) is 0 Å². The molecule has 2 nitrogen and oxygen atoms in total. The second-order valence-corrected chi connectivity index (χ2v) is 5.86. The third kappa shape index (κ3) is 2.94. The van der Waals surface area contributed by atoms with Gasteiger partial charge in [-0.15, -0.1) is 0 Å². The Morgan fingerprint density at radius 1 is 1.39 bits per heavy atom. The minimum Gasteiger partial charge on any atom is -0.338 e. The lowest BCUT2D eigenvalue weighted by Gasteiger charge is -2.32. The molecule has 0 aliphatic carbocycles. The molecule has 0 radical (unpaired) electrons. The number of alkyl halides is 1. The fourth-order valence-corrected chi connectivity index (χ4v) is 2.96. The number of benzene rings is 1. The highest BCUT2D eigenvalue weighted by molar-refractivity contribution is 9.09. The normalized spacial score (nSPS) is 19.9. The van der Waals surface area contributed by atoms with Crippen LogP contribution < -0.4 is 0 Å². The Kier molecular flexibility index (Phi) is 4.44. The molecule has 0 N–H and O–H groups in total. The summed E-state index contributed by atoms with van der Waals surface area (Å²) in [5.74, 6) is 0.790. The molecule has 0 saturated carbocycles. The molecule has 1 amide bonds. The quantitative estimate of drug-likeness (QED) is 0.765. The lowest BCUT2D eigenvalue weighted by molar-refractivity contribution is 0.0686. The summed E-state index contributed by atoms with van der Waals surface area (Å²) in [4.78, 5) is 14.4. The number of nitrogens with zero attached hydrogens (tertiary/aromatic N) is 1. The maximum Gasteiger partial charge on any atom is 0.253 e. The van der Waals surface area contributed by atoms with E-state index in [4.69, 9.17) is 0 Å². The van der Waals surface area contributed by atoms with Crippen molar-refractivity contribution in [1.29, 1.82) is 0 Å². The third-order valence-corrected chi connectivity index (χ3v) is 4.69. The minimum atomic E-state index is 0.184. The van der Waals surface area contributed by atoms with Gasteiger partial charge in [0.1, 0.15) is 0 Å². The second kappa shape index (κ2) is 5.87. The average Bonchev–Trinajstić information content (AvgIpc) is 2.41. The van der Waals surface area contributed by atoms with Crippen molar-refractivity contribution in [2.45, 2.75) is 26.7 Å². The SMILES string of the molecule is Cc1ccc(C(=O)N2CCCC(CBr)C2)cc1C. The van der Waals surface area contributed by atoms with Crippen LogP contribution in [0.2, 0.25) is 0 Å². The first-order valence-corrected chi connectivity index (χ1v) is 7.66. The van der Waals surface area contributed by atoms with Gasteiger partial charge in [-0.3, -0.25) is 4.79 Å². The summed E-state index contributed by atoms with van der Waals surface area (Å²) in [6.07, 6.45) is 2.34. The van der Waals surface area contributed by atoms with Crippen molar-refractivity contribution in [2.75, 3.05) is 18.4 Å². The van der Waals surface area contributed by atoms with Gasteiger partial charge in [0.2, 0.25) is 0 Å². The lowest BCUT2D eigenvalue weighted by atomic mass is 9.99. The first kappa shape index (κ1) is 13.6. The summed E-state index contributed by atoms with van der Waals surface area (Å²) < 4.78 is 0. The van der Waals surface area contributed by atoms with Crippen molar-refractivity contribution in [1.82, 2.24) is 4.90 Å². The Bertz CT molecular complexity index is 444. The number of carbonyl (C=O) groups is 1. The Balaban J connectivity index is 2.12. The summed E-state index contributed by atoms with van der Waals surface area (Å²) >= 11 is 3.53. The molecule has 1 unspecified atom stereocenters. The molecule has 0 spiro atoms. The van der Waals surface area contributed by atoms with Crippen LogP contribution in [0.4, 0.5) is 0 Å². The van der Waals surface area contributed by atoms with E-state index < -0.39 is 0 Å². The maximum absolute atomic E-state index is 12.4. The maximum atomic E-state index is 12.4. The highest BCUT2D eigenvalue weighted by Crippen LogP contribution is 2.21. The Hall–Kier alpha value is -0.830. The number of piperidine rings is 1. The zero-order valence-corrected chi connectivity index (χ0v) is 12.7. The number of hydrogen-bond acceptors (Lipinski definition) is 1. The smallest absolute Gasteiger partial charge is 0.253 e. The van der Waals surface area contributed by atoms with E-state index >= 15 is 0 Å². The molecule has 1 atom stereocenters. The van der Waals surface area contributed by atoms with Crippen molar-refractivity contribution >= 4 is 21.8 Å². The van der Waals surface area contributed by atoms with Gasteiger partial charge in [0.25, 0.3) is 5.91 Å². The van der Waals surface area contributed by atoms with Crippen LogP contribution >= 0.6 is 15.9 Å². The largest absolute Gasteiger partial charge is 0.338 e. The molecule has 1 fully saturated rings.